The van der Waals surface area contributed by atoms with Crippen molar-refractivity contribution in [2.24, 2.45) is 0 Å². The second-order valence-electron chi connectivity index (χ2n) is 5.45. The molecule has 6 nitrogen and oxygen atoms in total. The summed E-state index contributed by atoms with van der Waals surface area (Å²) in [5, 5.41) is 14.7. The molecule has 1 heterocycles. The lowest BCUT2D eigenvalue weighted by Crippen LogP contribution is -2.28. The number of ether oxygens (including phenoxy) is 2. The van der Waals surface area contributed by atoms with Crippen LogP contribution in [0.5, 0.6) is 11.5 Å². The van der Waals surface area contributed by atoms with Gasteiger partial charge in [-0.1, -0.05) is 11.6 Å². The predicted molar refractivity (Wildman–Crippen MR) is 94.1 cm³/mol. The fourth-order valence-electron chi connectivity index (χ4n) is 2.37. The number of anilines is 1. The highest BCUT2D eigenvalue weighted by Gasteiger charge is 2.15. The van der Waals surface area contributed by atoms with E-state index in [1.54, 1.807) is 30.3 Å². The Balaban J connectivity index is 1.61. The van der Waals surface area contributed by atoms with E-state index < -0.39 is 0 Å². The summed E-state index contributed by atoms with van der Waals surface area (Å²) in [7, 11) is 0. The Bertz CT molecular complexity index is 816. The SMILES string of the molecule is N#Cc1ccc(NC(=O)NCc2cc(Cl)c3c(c2)OCCCO3)cc1. The molecule has 0 saturated carbocycles. The van der Waals surface area contributed by atoms with Gasteiger partial charge in [0.25, 0.3) is 0 Å². The van der Waals surface area contributed by atoms with Gasteiger partial charge < -0.3 is 20.1 Å². The molecule has 0 atom stereocenters. The zero-order chi connectivity index (χ0) is 17.6. The number of fused-ring (bicyclic) bond motifs is 1. The first kappa shape index (κ1) is 16.9. The number of halogens is 1. The summed E-state index contributed by atoms with van der Waals surface area (Å²) in [6, 6.07) is 11.8. The Morgan fingerprint density at radius 1 is 1.20 bits per heavy atom. The zero-order valence-corrected chi connectivity index (χ0v) is 14.1. The van der Waals surface area contributed by atoms with Crippen molar-refractivity contribution in [1.29, 1.82) is 5.26 Å². The van der Waals surface area contributed by atoms with E-state index in [0.717, 1.165) is 12.0 Å². The van der Waals surface area contributed by atoms with Gasteiger partial charge in [0.05, 0.1) is 29.9 Å². The summed E-state index contributed by atoms with van der Waals surface area (Å²) in [5.41, 5.74) is 1.95. The number of hydrogen-bond acceptors (Lipinski definition) is 4. The van der Waals surface area contributed by atoms with Crippen LogP contribution in [-0.4, -0.2) is 19.2 Å². The molecule has 25 heavy (non-hydrogen) atoms. The highest BCUT2D eigenvalue weighted by molar-refractivity contribution is 6.32. The monoisotopic (exact) mass is 357 g/mol. The maximum absolute atomic E-state index is 12.0. The van der Waals surface area contributed by atoms with Gasteiger partial charge in [-0.25, -0.2) is 4.79 Å². The second-order valence-corrected chi connectivity index (χ2v) is 5.86. The van der Waals surface area contributed by atoms with Gasteiger partial charge >= 0.3 is 6.03 Å². The van der Waals surface area contributed by atoms with E-state index in [9.17, 15) is 4.79 Å². The van der Waals surface area contributed by atoms with Gasteiger partial charge in [0.1, 0.15) is 0 Å². The number of amides is 2. The quantitative estimate of drug-likeness (QED) is 0.877. The average Bonchev–Trinajstić information content (AvgIpc) is 2.86. The Labute approximate surface area is 150 Å². The molecule has 128 valence electrons. The standard InChI is InChI=1S/C18H16ClN3O3/c19-15-8-13(9-16-17(15)25-7-1-6-24-16)11-21-18(23)22-14-4-2-12(10-20)3-5-14/h2-5,8-9H,1,6-7,11H2,(H2,21,22,23). The number of benzene rings is 2. The van der Waals surface area contributed by atoms with Crippen LogP contribution in [0.15, 0.2) is 36.4 Å². The molecule has 0 radical (unpaired) electrons. The molecule has 0 saturated heterocycles. The maximum atomic E-state index is 12.0. The second kappa shape index (κ2) is 7.77. The van der Waals surface area contributed by atoms with Gasteiger partial charge in [-0.2, -0.15) is 5.26 Å². The number of nitriles is 1. The minimum atomic E-state index is -0.354. The van der Waals surface area contributed by atoms with Crippen molar-refractivity contribution in [3.05, 3.63) is 52.5 Å². The molecular formula is C18H16ClN3O3. The molecule has 0 fully saturated rings. The Morgan fingerprint density at radius 3 is 2.72 bits per heavy atom. The zero-order valence-electron chi connectivity index (χ0n) is 13.3. The first-order chi connectivity index (χ1) is 12.2. The Kier molecular flexibility index (Phi) is 5.26. The number of nitrogens with one attached hydrogen (secondary N) is 2. The first-order valence-electron chi connectivity index (χ1n) is 7.79. The molecule has 0 bridgehead atoms. The van der Waals surface area contributed by atoms with Gasteiger partial charge in [-0.3, -0.25) is 0 Å². The molecule has 2 aromatic carbocycles. The van der Waals surface area contributed by atoms with Crippen LogP contribution in [0, 0.1) is 11.3 Å². The average molecular weight is 358 g/mol. The van der Waals surface area contributed by atoms with Gasteiger partial charge in [-0.05, 0) is 42.0 Å². The maximum Gasteiger partial charge on any atom is 0.319 e. The molecule has 3 rings (SSSR count). The molecule has 0 unspecified atom stereocenters. The number of urea groups is 1. The van der Waals surface area contributed by atoms with Crippen molar-refractivity contribution >= 4 is 23.3 Å². The molecule has 1 aliphatic heterocycles. The molecule has 0 aromatic heterocycles. The van der Waals surface area contributed by atoms with E-state index in [1.807, 2.05) is 12.1 Å². The third-order valence-electron chi connectivity index (χ3n) is 3.59. The summed E-state index contributed by atoms with van der Waals surface area (Å²) in [6.45, 7) is 1.43. The molecule has 7 heteroatoms. The van der Waals surface area contributed by atoms with Crippen LogP contribution in [0.1, 0.15) is 17.5 Å². The van der Waals surface area contributed by atoms with Crippen LogP contribution in [0.2, 0.25) is 5.02 Å². The van der Waals surface area contributed by atoms with E-state index in [1.165, 1.54) is 0 Å². The third-order valence-corrected chi connectivity index (χ3v) is 3.87. The Hall–Kier alpha value is -2.91. The molecular weight excluding hydrogens is 342 g/mol. The number of carbonyl (C=O) groups is 1. The lowest BCUT2D eigenvalue weighted by molar-refractivity contribution is 0.251. The summed E-state index contributed by atoms with van der Waals surface area (Å²) in [6.07, 6.45) is 0.797. The molecule has 2 aromatic rings. The highest BCUT2D eigenvalue weighted by Crippen LogP contribution is 2.37. The van der Waals surface area contributed by atoms with Gasteiger partial charge in [-0.15, -0.1) is 0 Å². The number of carbonyl (C=O) groups excluding carboxylic acids is 1. The normalized spacial score (nSPS) is 12.6. The van der Waals surface area contributed by atoms with Crippen LogP contribution in [0.3, 0.4) is 0 Å². The third kappa shape index (κ3) is 4.34. The number of hydrogen-bond donors (Lipinski definition) is 2. The van der Waals surface area contributed by atoms with Gasteiger partial charge in [0.15, 0.2) is 11.5 Å². The van der Waals surface area contributed by atoms with Crippen molar-refractivity contribution in [1.82, 2.24) is 5.32 Å². The van der Waals surface area contributed by atoms with Crippen LogP contribution in [-0.2, 0) is 6.54 Å². The van der Waals surface area contributed by atoms with Crippen molar-refractivity contribution in [3.8, 4) is 17.6 Å². The van der Waals surface area contributed by atoms with Crippen molar-refractivity contribution < 1.29 is 14.3 Å². The lowest BCUT2D eigenvalue weighted by atomic mass is 10.2. The molecule has 0 spiro atoms. The predicted octanol–water partition coefficient (Wildman–Crippen LogP) is 3.69. The highest BCUT2D eigenvalue weighted by atomic mass is 35.5. The lowest BCUT2D eigenvalue weighted by Gasteiger charge is -2.12. The van der Waals surface area contributed by atoms with Gasteiger partial charge in [0, 0.05) is 18.7 Å². The fourth-order valence-corrected chi connectivity index (χ4v) is 2.66. The van der Waals surface area contributed by atoms with E-state index in [4.69, 9.17) is 26.3 Å². The van der Waals surface area contributed by atoms with Crippen molar-refractivity contribution in [2.45, 2.75) is 13.0 Å². The minimum Gasteiger partial charge on any atom is -0.489 e. The summed E-state index contributed by atoms with van der Waals surface area (Å²) in [5.74, 6) is 1.14. The molecule has 0 aliphatic carbocycles. The summed E-state index contributed by atoms with van der Waals surface area (Å²) < 4.78 is 11.2. The van der Waals surface area contributed by atoms with Crippen LogP contribution < -0.4 is 20.1 Å². The number of rotatable bonds is 3. The van der Waals surface area contributed by atoms with Gasteiger partial charge in [0.2, 0.25) is 0 Å². The molecule has 2 amide bonds. The number of nitrogens with zero attached hydrogens (tertiary/aromatic N) is 1. The molecule has 1 aliphatic rings. The summed E-state index contributed by atoms with van der Waals surface area (Å²) >= 11 is 6.23. The van der Waals surface area contributed by atoms with Crippen LogP contribution in [0.25, 0.3) is 0 Å². The minimum absolute atomic E-state index is 0.290. The largest absolute Gasteiger partial charge is 0.489 e. The van der Waals surface area contributed by atoms with E-state index in [0.29, 0.717) is 47.5 Å². The first-order valence-corrected chi connectivity index (χ1v) is 8.16. The van der Waals surface area contributed by atoms with Crippen LogP contribution >= 0.6 is 11.6 Å². The van der Waals surface area contributed by atoms with E-state index in [-0.39, 0.29) is 6.03 Å². The van der Waals surface area contributed by atoms with Crippen molar-refractivity contribution in [3.63, 3.8) is 0 Å². The topological polar surface area (TPSA) is 83.4 Å². The Morgan fingerprint density at radius 2 is 1.96 bits per heavy atom. The molecule has 2 N–H and O–H groups in total. The van der Waals surface area contributed by atoms with Crippen LogP contribution in [0.4, 0.5) is 10.5 Å². The fraction of sp³-hybridized carbons (Fsp3) is 0.222. The van der Waals surface area contributed by atoms with E-state index >= 15 is 0 Å². The smallest absolute Gasteiger partial charge is 0.319 e. The van der Waals surface area contributed by atoms with Crippen molar-refractivity contribution in [2.75, 3.05) is 18.5 Å². The summed E-state index contributed by atoms with van der Waals surface area (Å²) in [4.78, 5) is 12.0. The van der Waals surface area contributed by atoms with E-state index in [2.05, 4.69) is 10.6 Å².